The standard InChI is InChI=1S/C18H22FN3OS2/c1-3-21-8-10-22(11-9-21)17(23)13(2)25-18-20-16(12-24-18)14-4-6-15(19)7-5-14/h4-7,12-13H,3,8-11H2,1-2H3. The van der Waals surface area contributed by atoms with E-state index in [4.69, 9.17) is 0 Å². The first-order valence-electron chi connectivity index (χ1n) is 8.46. The molecule has 1 aliphatic heterocycles. The van der Waals surface area contributed by atoms with Gasteiger partial charge in [0.05, 0.1) is 10.9 Å². The first kappa shape index (κ1) is 18.4. The normalized spacial score (nSPS) is 16.8. The largest absolute Gasteiger partial charge is 0.339 e. The number of carbonyl (C=O) groups excluding carboxylic acids is 1. The Hall–Kier alpha value is -1.44. The van der Waals surface area contributed by atoms with Gasteiger partial charge in [0.1, 0.15) is 5.82 Å². The molecule has 0 N–H and O–H groups in total. The number of aromatic nitrogens is 1. The van der Waals surface area contributed by atoms with Gasteiger partial charge in [-0.05, 0) is 37.7 Å². The molecule has 2 aromatic rings. The number of rotatable bonds is 5. The van der Waals surface area contributed by atoms with Crippen LogP contribution in [0.3, 0.4) is 0 Å². The molecule has 0 radical (unpaired) electrons. The summed E-state index contributed by atoms with van der Waals surface area (Å²) in [6, 6.07) is 6.31. The molecule has 0 aliphatic carbocycles. The third-order valence-corrected chi connectivity index (χ3v) is 6.44. The molecule has 1 unspecified atom stereocenters. The summed E-state index contributed by atoms with van der Waals surface area (Å²) in [5.41, 5.74) is 1.71. The van der Waals surface area contributed by atoms with E-state index >= 15 is 0 Å². The van der Waals surface area contributed by atoms with Crippen LogP contribution in [0.4, 0.5) is 4.39 Å². The van der Waals surface area contributed by atoms with Crippen molar-refractivity contribution >= 4 is 29.0 Å². The molecule has 1 aliphatic rings. The average Bonchev–Trinajstić information content (AvgIpc) is 3.10. The monoisotopic (exact) mass is 379 g/mol. The highest BCUT2D eigenvalue weighted by Crippen LogP contribution is 2.31. The molecule has 3 rings (SSSR count). The van der Waals surface area contributed by atoms with Crippen LogP contribution < -0.4 is 0 Å². The highest BCUT2D eigenvalue weighted by atomic mass is 32.2. The number of thioether (sulfide) groups is 1. The lowest BCUT2D eigenvalue weighted by molar-refractivity contribution is -0.132. The molecule has 0 bridgehead atoms. The summed E-state index contributed by atoms with van der Waals surface area (Å²) in [6.07, 6.45) is 0. The van der Waals surface area contributed by atoms with Crippen LogP contribution in [0, 0.1) is 5.82 Å². The van der Waals surface area contributed by atoms with Crippen molar-refractivity contribution in [1.82, 2.24) is 14.8 Å². The number of amides is 1. The first-order valence-corrected chi connectivity index (χ1v) is 10.2. The predicted octanol–water partition coefficient (Wildman–Crippen LogP) is 3.59. The number of benzene rings is 1. The van der Waals surface area contributed by atoms with Gasteiger partial charge in [-0.15, -0.1) is 11.3 Å². The highest BCUT2D eigenvalue weighted by molar-refractivity contribution is 8.02. The zero-order valence-corrected chi connectivity index (χ0v) is 16.1. The fraction of sp³-hybridized carbons (Fsp3) is 0.444. The Morgan fingerprint density at radius 3 is 2.60 bits per heavy atom. The maximum atomic E-state index is 13.0. The summed E-state index contributed by atoms with van der Waals surface area (Å²) in [5, 5.41) is 1.80. The number of halogens is 1. The highest BCUT2D eigenvalue weighted by Gasteiger charge is 2.25. The Kier molecular flexibility index (Phi) is 6.09. The van der Waals surface area contributed by atoms with Gasteiger partial charge in [-0.2, -0.15) is 0 Å². The van der Waals surface area contributed by atoms with Gasteiger partial charge < -0.3 is 9.80 Å². The summed E-state index contributed by atoms with van der Waals surface area (Å²) in [6.45, 7) is 8.64. The Morgan fingerprint density at radius 1 is 1.28 bits per heavy atom. The number of thiazole rings is 1. The number of nitrogens with zero attached hydrogens (tertiary/aromatic N) is 3. The van der Waals surface area contributed by atoms with E-state index in [1.807, 2.05) is 17.2 Å². The van der Waals surface area contributed by atoms with E-state index in [0.29, 0.717) is 0 Å². The summed E-state index contributed by atoms with van der Waals surface area (Å²) >= 11 is 3.02. The molecule has 2 heterocycles. The average molecular weight is 380 g/mol. The number of hydrogen-bond donors (Lipinski definition) is 0. The van der Waals surface area contributed by atoms with Crippen LogP contribution in [0.1, 0.15) is 13.8 Å². The van der Waals surface area contributed by atoms with Crippen LogP contribution in [-0.4, -0.2) is 58.7 Å². The molecule has 134 valence electrons. The van der Waals surface area contributed by atoms with E-state index in [0.717, 1.165) is 48.3 Å². The minimum atomic E-state index is -0.254. The van der Waals surface area contributed by atoms with Crippen molar-refractivity contribution in [1.29, 1.82) is 0 Å². The van der Waals surface area contributed by atoms with Crippen molar-refractivity contribution in [3.8, 4) is 11.3 Å². The zero-order valence-electron chi connectivity index (χ0n) is 14.4. The lowest BCUT2D eigenvalue weighted by atomic mass is 10.2. The van der Waals surface area contributed by atoms with Gasteiger partial charge >= 0.3 is 0 Å². The molecule has 7 heteroatoms. The fourth-order valence-corrected chi connectivity index (χ4v) is 4.86. The van der Waals surface area contributed by atoms with Crippen molar-refractivity contribution in [2.24, 2.45) is 0 Å². The first-order chi connectivity index (χ1) is 12.1. The fourth-order valence-electron chi connectivity index (χ4n) is 2.81. The molecular weight excluding hydrogens is 357 g/mol. The number of piperazine rings is 1. The van der Waals surface area contributed by atoms with Gasteiger partial charge in [-0.25, -0.2) is 9.37 Å². The lowest BCUT2D eigenvalue weighted by Gasteiger charge is -2.35. The molecule has 1 aromatic carbocycles. The summed E-state index contributed by atoms with van der Waals surface area (Å²) in [4.78, 5) is 21.5. The Balaban J connectivity index is 1.59. The van der Waals surface area contributed by atoms with Crippen LogP contribution in [0.25, 0.3) is 11.3 Å². The third kappa shape index (κ3) is 4.59. The third-order valence-electron chi connectivity index (χ3n) is 4.38. The molecule has 0 spiro atoms. The van der Waals surface area contributed by atoms with E-state index in [9.17, 15) is 9.18 Å². The number of carbonyl (C=O) groups is 1. The maximum Gasteiger partial charge on any atom is 0.235 e. The van der Waals surface area contributed by atoms with E-state index < -0.39 is 0 Å². The van der Waals surface area contributed by atoms with E-state index in [-0.39, 0.29) is 17.0 Å². The Bertz CT molecular complexity index is 711. The summed E-state index contributed by atoms with van der Waals surface area (Å²) in [5.74, 6) is -0.0738. The van der Waals surface area contributed by atoms with E-state index in [2.05, 4.69) is 16.8 Å². The van der Waals surface area contributed by atoms with Gasteiger partial charge in [0.25, 0.3) is 0 Å². The van der Waals surface area contributed by atoms with Crippen LogP contribution in [0.15, 0.2) is 34.0 Å². The molecule has 1 saturated heterocycles. The van der Waals surface area contributed by atoms with Gasteiger partial charge in [0.15, 0.2) is 4.34 Å². The van der Waals surface area contributed by atoms with Gasteiger partial charge in [-0.1, -0.05) is 18.7 Å². The topological polar surface area (TPSA) is 36.4 Å². The van der Waals surface area contributed by atoms with Crippen LogP contribution in [0.2, 0.25) is 0 Å². The smallest absolute Gasteiger partial charge is 0.235 e. The summed E-state index contributed by atoms with van der Waals surface area (Å²) < 4.78 is 13.9. The Labute approximate surface area is 156 Å². The van der Waals surface area contributed by atoms with Crippen molar-refractivity contribution in [2.75, 3.05) is 32.7 Å². The molecule has 1 amide bonds. The van der Waals surface area contributed by atoms with Crippen molar-refractivity contribution in [3.63, 3.8) is 0 Å². The van der Waals surface area contributed by atoms with Crippen LogP contribution >= 0.6 is 23.1 Å². The molecule has 1 aromatic heterocycles. The van der Waals surface area contributed by atoms with E-state index in [1.54, 1.807) is 12.1 Å². The second kappa shape index (κ2) is 8.29. The molecule has 0 saturated carbocycles. The molecule has 1 fully saturated rings. The minimum absolute atomic E-state index is 0.152. The van der Waals surface area contributed by atoms with Crippen LogP contribution in [-0.2, 0) is 4.79 Å². The lowest BCUT2D eigenvalue weighted by Crippen LogP contribution is -2.50. The minimum Gasteiger partial charge on any atom is -0.339 e. The van der Waals surface area contributed by atoms with E-state index in [1.165, 1.54) is 35.2 Å². The molecule has 25 heavy (non-hydrogen) atoms. The second-order valence-electron chi connectivity index (χ2n) is 6.03. The zero-order chi connectivity index (χ0) is 17.8. The molecule has 1 atom stereocenters. The van der Waals surface area contributed by atoms with Crippen molar-refractivity contribution < 1.29 is 9.18 Å². The van der Waals surface area contributed by atoms with Crippen LogP contribution in [0.5, 0.6) is 0 Å². The molecule has 4 nitrogen and oxygen atoms in total. The van der Waals surface area contributed by atoms with Gasteiger partial charge in [0, 0.05) is 37.1 Å². The second-order valence-corrected chi connectivity index (χ2v) is 8.47. The van der Waals surface area contributed by atoms with Crippen molar-refractivity contribution in [3.05, 3.63) is 35.5 Å². The quantitative estimate of drug-likeness (QED) is 0.744. The Morgan fingerprint density at radius 2 is 1.96 bits per heavy atom. The van der Waals surface area contributed by atoms with Gasteiger partial charge in [-0.3, -0.25) is 4.79 Å². The predicted molar refractivity (Wildman–Crippen MR) is 102 cm³/mol. The number of hydrogen-bond acceptors (Lipinski definition) is 5. The summed E-state index contributed by atoms with van der Waals surface area (Å²) in [7, 11) is 0. The SMILES string of the molecule is CCN1CCN(C(=O)C(C)Sc2nc(-c3ccc(F)cc3)cs2)CC1. The molecular formula is C18H22FN3OS2. The van der Waals surface area contributed by atoms with Gasteiger partial charge in [0.2, 0.25) is 5.91 Å². The van der Waals surface area contributed by atoms with Crippen molar-refractivity contribution in [2.45, 2.75) is 23.4 Å². The maximum absolute atomic E-state index is 13.0. The number of likely N-dealkylation sites (N-methyl/N-ethyl adjacent to an activating group) is 1.